The maximum Gasteiger partial charge on any atom is 0.500 e. The molecule has 0 amide bonds. The zero-order valence-corrected chi connectivity index (χ0v) is 15.5. The van der Waals surface area contributed by atoms with Gasteiger partial charge in [-0.05, 0) is 34.1 Å². The number of carbonyl (C=O) groups excluding carboxylic acids is 1. The van der Waals surface area contributed by atoms with Crippen LogP contribution in [0.25, 0.3) is 0 Å². The van der Waals surface area contributed by atoms with Crippen molar-refractivity contribution in [1.29, 1.82) is 0 Å². The second kappa shape index (κ2) is 14.3. The summed E-state index contributed by atoms with van der Waals surface area (Å²) in [5.74, 6) is -0.295. The van der Waals surface area contributed by atoms with Crippen LogP contribution in [0.3, 0.4) is 0 Å². The molecule has 0 radical (unpaired) electrons. The molecule has 0 aliphatic heterocycles. The molecule has 0 fully saturated rings. The lowest BCUT2D eigenvalue weighted by Gasteiger charge is -2.26. The fourth-order valence-corrected chi connectivity index (χ4v) is 3.59. The molecule has 0 aromatic rings. The number of ether oxygens (including phenoxy) is 1. The Kier molecular flexibility index (Phi) is 15.3. The zero-order valence-electron chi connectivity index (χ0n) is 14.5. The number of hydrogen-bond donors (Lipinski definition) is 0. The van der Waals surface area contributed by atoms with E-state index in [-0.39, 0.29) is 5.97 Å². The second-order valence-electron chi connectivity index (χ2n) is 4.25. The molecule has 21 heavy (non-hydrogen) atoms. The minimum absolute atomic E-state index is 0.295. The molecule has 0 unspecified atom stereocenters. The lowest BCUT2D eigenvalue weighted by Crippen LogP contribution is -2.45. The molecule has 0 saturated carbocycles. The Morgan fingerprint density at radius 1 is 0.952 bits per heavy atom. The van der Waals surface area contributed by atoms with Crippen LogP contribution in [-0.2, 0) is 22.8 Å². The molecule has 0 atom stereocenters. The lowest BCUT2D eigenvalue weighted by atomic mass is 10.4. The summed E-state index contributed by atoms with van der Waals surface area (Å²) in [4.78, 5) is 10.6. The van der Waals surface area contributed by atoms with Crippen LogP contribution in [-0.4, -0.2) is 41.2 Å². The maximum absolute atomic E-state index is 10.6. The number of hydrogen-bond acceptors (Lipinski definition) is 5. The van der Waals surface area contributed by atoms with E-state index in [0.29, 0.717) is 32.0 Å². The smallest absolute Gasteiger partial charge is 0.462 e. The van der Waals surface area contributed by atoms with Gasteiger partial charge in [-0.1, -0.05) is 20.4 Å². The van der Waals surface area contributed by atoms with E-state index < -0.39 is 8.80 Å². The first-order valence-corrected chi connectivity index (χ1v) is 9.60. The largest absolute Gasteiger partial charge is 0.500 e. The summed E-state index contributed by atoms with van der Waals surface area (Å²) in [7, 11) is -2.27. The molecule has 5 nitrogen and oxygen atoms in total. The molecule has 0 aromatic heterocycles. The van der Waals surface area contributed by atoms with Crippen molar-refractivity contribution >= 4 is 14.8 Å². The van der Waals surface area contributed by atoms with Gasteiger partial charge >= 0.3 is 14.8 Å². The summed E-state index contributed by atoms with van der Waals surface area (Å²) in [6, 6.07) is 0.850. The van der Waals surface area contributed by atoms with Crippen LogP contribution in [0.2, 0.25) is 6.04 Å². The molecule has 0 aliphatic carbocycles. The zero-order chi connectivity index (χ0) is 16.7. The van der Waals surface area contributed by atoms with Gasteiger partial charge in [0.25, 0.3) is 0 Å². The highest BCUT2D eigenvalue weighted by Crippen LogP contribution is 2.14. The topological polar surface area (TPSA) is 54.0 Å². The first-order chi connectivity index (χ1) is 9.92. The summed E-state index contributed by atoms with van der Waals surface area (Å²) in [5.41, 5.74) is 0.462. The van der Waals surface area contributed by atoms with E-state index in [4.69, 9.17) is 18.0 Å². The molecule has 126 valence electrons. The number of rotatable bonds is 10. The summed E-state index contributed by atoms with van der Waals surface area (Å²) in [6.07, 6.45) is 0.860. The third kappa shape index (κ3) is 11.6. The van der Waals surface area contributed by atoms with Crippen molar-refractivity contribution in [3.63, 3.8) is 0 Å². The van der Waals surface area contributed by atoms with Crippen LogP contribution >= 0.6 is 0 Å². The Hall–Kier alpha value is -0.693. The van der Waals surface area contributed by atoms with Crippen molar-refractivity contribution in [2.24, 2.45) is 0 Å². The normalized spacial score (nSPS) is 10.6. The molecule has 6 heteroatoms. The summed E-state index contributed by atoms with van der Waals surface area (Å²) in [5, 5.41) is 0. The van der Waals surface area contributed by atoms with Gasteiger partial charge < -0.3 is 18.0 Å². The molecule has 0 aliphatic rings. The average molecular weight is 321 g/mol. The van der Waals surface area contributed by atoms with Crippen LogP contribution in [0, 0.1) is 0 Å². The minimum atomic E-state index is -2.27. The third-order valence-corrected chi connectivity index (χ3v) is 5.36. The highest BCUT2D eigenvalue weighted by atomic mass is 28.4. The van der Waals surface area contributed by atoms with E-state index in [9.17, 15) is 4.79 Å². The van der Waals surface area contributed by atoms with Crippen LogP contribution in [0.5, 0.6) is 0 Å². The monoisotopic (exact) mass is 320 g/mol. The van der Waals surface area contributed by atoms with E-state index in [0.717, 1.165) is 12.5 Å². The Labute approximate surface area is 131 Å². The Bertz CT molecular complexity index is 264. The quantitative estimate of drug-likeness (QED) is 0.350. The van der Waals surface area contributed by atoms with Gasteiger partial charge in [-0.15, -0.1) is 0 Å². The summed E-state index contributed by atoms with van der Waals surface area (Å²) >= 11 is 0. The second-order valence-corrected chi connectivity index (χ2v) is 7.19. The minimum Gasteiger partial charge on any atom is -0.462 e. The maximum atomic E-state index is 10.6. The van der Waals surface area contributed by atoms with Crippen molar-refractivity contribution in [2.75, 3.05) is 26.4 Å². The summed E-state index contributed by atoms with van der Waals surface area (Å²) in [6.45, 7) is 17.5. The van der Waals surface area contributed by atoms with E-state index in [1.807, 2.05) is 34.6 Å². The third-order valence-electron chi connectivity index (χ3n) is 2.31. The standard InChI is InChI=1S/C8H20O3Si.C7H12O2/c1-5-9-12(8-4,10-6-2)11-7-3;1-4-5-9-7(8)6(2)3/h5-8H2,1-4H3;2,4-5H2,1,3H3. The van der Waals surface area contributed by atoms with Crippen molar-refractivity contribution in [2.45, 2.75) is 54.0 Å². The Balaban J connectivity index is 0. The molecular formula is C15H32O5Si. The molecule has 0 spiro atoms. The van der Waals surface area contributed by atoms with Gasteiger partial charge in [-0.25, -0.2) is 4.79 Å². The van der Waals surface area contributed by atoms with E-state index in [1.54, 1.807) is 6.92 Å². The molecule has 0 heterocycles. The molecule has 0 aromatic carbocycles. The molecule has 0 N–H and O–H groups in total. The van der Waals surface area contributed by atoms with Crippen molar-refractivity contribution in [3.05, 3.63) is 12.2 Å². The van der Waals surface area contributed by atoms with E-state index >= 15 is 0 Å². The fraction of sp³-hybridized carbons (Fsp3) is 0.800. The van der Waals surface area contributed by atoms with Crippen molar-refractivity contribution in [3.8, 4) is 0 Å². The van der Waals surface area contributed by atoms with Gasteiger partial charge in [0.2, 0.25) is 0 Å². The van der Waals surface area contributed by atoms with Gasteiger partial charge in [-0.2, -0.15) is 0 Å². The molecular weight excluding hydrogens is 288 g/mol. The van der Waals surface area contributed by atoms with Gasteiger partial charge in [-0.3, -0.25) is 0 Å². The number of esters is 1. The molecule has 0 rings (SSSR count). The van der Waals surface area contributed by atoms with Crippen LogP contribution in [0.1, 0.15) is 48.0 Å². The van der Waals surface area contributed by atoms with Crippen LogP contribution < -0.4 is 0 Å². The lowest BCUT2D eigenvalue weighted by molar-refractivity contribution is -0.138. The van der Waals surface area contributed by atoms with Gasteiger partial charge in [0.05, 0.1) is 6.61 Å². The predicted octanol–water partition coefficient (Wildman–Crippen LogP) is 3.57. The molecule has 0 saturated heterocycles. The van der Waals surface area contributed by atoms with Crippen LogP contribution in [0.4, 0.5) is 0 Å². The fourth-order valence-electron chi connectivity index (χ4n) is 1.41. The van der Waals surface area contributed by atoms with Gasteiger partial charge in [0.1, 0.15) is 0 Å². The predicted molar refractivity (Wildman–Crippen MR) is 87.2 cm³/mol. The highest BCUT2D eigenvalue weighted by molar-refractivity contribution is 6.60. The Morgan fingerprint density at radius 3 is 1.62 bits per heavy atom. The number of carbonyl (C=O) groups is 1. The van der Waals surface area contributed by atoms with Crippen LogP contribution in [0.15, 0.2) is 12.2 Å². The van der Waals surface area contributed by atoms with Crippen molar-refractivity contribution < 1.29 is 22.8 Å². The SMILES string of the molecule is C=C(C)C(=O)OCCC.CCO[Si](CC)(OCC)OCC. The first kappa shape index (κ1) is 22.6. The average Bonchev–Trinajstić information content (AvgIpc) is 2.46. The van der Waals surface area contributed by atoms with E-state index in [2.05, 4.69) is 6.58 Å². The summed E-state index contributed by atoms with van der Waals surface area (Å²) < 4.78 is 21.4. The van der Waals surface area contributed by atoms with Crippen molar-refractivity contribution in [1.82, 2.24) is 0 Å². The van der Waals surface area contributed by atoms with Gasteiger partial charge in [0, 0.05) is 31.4 Å². The Morgan fingerprint density at radius 2 is 1.38 bits per heavy atom. The highest BCUT2D eigenvalue weighted by Gasteiger charge is 2.37. The van der Waals surface area contributed by atoms with Gasteiger partial charge in [0.15, 0.2) is 0 Å². The first-order valence-electron chi connectivity index (χ1n) is 7.67. The van der Waals surface area contributed by atoms with E-state index in [1.165, 1.54) is 0 Å². The molecule has 0 bridgehead atoms.